The van der Waals surface area contributed by atoms with E-state index < -0.39 is 17.6 Å². The Morgan fingerprint density at radius 2 is 1.77 bits per heavy atom. The summed E-state index contributed by atoms with van der Waals surface area (Å²) in [6.45, 7) is 1.57. The summed E-state index contributed by atoms with van der Waals surface area (Å²) in [5.41, 5.74) is 1.41. The summed E-state index contributed by atoms with van der Waals surface area (Å²) >= 11 is 0. The van der Waals surface area contributed by atoms with Gasteiger partial charge in [-0.2, -0.15) is 13.2 Å². The van der Waals surface area contributed by atoms with Gasteiger partial charge in [0.1, 0.15) is 5.65 Å². The predicted molar refractivity (Wildman–Crippen MR) is 125 cm³/mol. The number of H-pyrrole nitrogens is 1. The van der Waals surface area contributed by atoms with Gasteiger partial charge in [-0.3, -0.25) is 9.59 Å². The summed E-state index contributed by atoms with van der Waals surface area (Å²) in [6, 6.07) is 14.4. The number of benzene rings is 2. The molecule has 1 aliphatic rings. The van der Waals surface area contributed by atoms with Crippen LogP contribution in [0.25, 0.3) is 11.0 Å². The molecule has 2 aromatic heterocycles. The van der Waals surface area contributed by atoms with Gasteiger partial charge in [-0.25, -0.2) is 4.98 Å². The molecular formula is C25H20F3N5O2. The number of nitrogens with zero attached hydrogens (tertiary/aromatic N) is 3. The van der Waals surface area contributed by atoms with Gasteiger partial charge in [-0.1, -0.05) is 12.1 Å². The molecule has 0 spiro atoms. The van der Waals surface area contributed by atoms with Crippen molar-refractivity contribution in [3.63, 3.8) is 0 Å². The lowest BCUT2D eigenvalue weighted by Gasteiger charge is -2.21. The Hall–Kier alpha value is -4.34. The van der Waals surface area contributed by atoms with Crippen molar-refractivity contribution in [1.29, 1.82) is 0 Å². The summed E-state index contributed by atoms with van der Waals surface area (Å²) in [7, 11) is 0. The lowest BCUT2D eigenvalue weighted by Crippen LogP contribution is -2.31. The molecule has 2 N–H and O–H groups in total. The minimum atomic E-state index is -4.55. The maximum Gasteiger partial charge on any atom is 0.416 e. The van der Waals surface area contributed by atoms with Crippen LogP contribution in [0.2, 0.25) is 0 Å². The number of halogens is 3. The molecule has 5 rings (SSSR count). The Bertz CT molecular complexity index is 1420. The lowest BCUT2D eigenvalue weighted by atomic mass is 10.1. The lowest BCUT2D eigenvalue weighted by molar-refractivity contribution is -0.137. The fourth-order valence-corrected chi connectivity index (χ4v) is 4.13. The van der Waals surface area contributed by atoms with Crippen molar-refractivity contribution in [1.82, 2.24) is 14.9 Å². The van der Waals surface area contributed by atoms with Gasteiger partial charge in [0, 0.05) is 47.7 Å². The molecule has 2 aromatic carbocycles. The molecule has 178 valence electrons. The van der Waals surface area contributed by atoms with E-state index in [1.54, 1.807) is 29.3 Å². The Labute approximate surface area is 198 Å². The maximum atomic E-state index is 13.1. The molecule has 0 radical (unpaired) electrons. The van der Waals surface area contributed by atoms with Crippen LogP contribution in [0.15, 0.2) is 73.1 Å². The first-order valence-electron chi connectivity index (χ1n) is 10.8. The number of aromatic amines is 1. The Balaban J connectivity index is 1.29. The fourth-order valence-electron chi connectivity index (χ4n) is 4.13. The first-order chi connectivity index (χ1) is 16.8. The van der Waals surface area contributed by atoms with Gasteiger partial charge in [0.05, 0.1) is 17.9 Å². The topological polar surface area (TPSA) is 81.3 Å². The molecule has 0 atom stereocenters. The summed E-state index contributed by atoms with van der Waals surface area (Å²) < 4.78 is 38.9. The number of carbonyl (C=O) groups excluding carboxylic acids is 2. The van der Waals surface area contributed by atoms with Gasteiger partial charge >= 0.3 is 6.18 Å². The van der Waals surface area contributed by atoms with E-state index in [0.29, 0.717) is 31.0 Å². The molecule has 0 bridgehead atoms. The number of rotatable bonds is 4. The molecule has 0 saturated carbocycles. The highest BCUT2D eigenvalue weighted by Gasteiger charge is 2.31. The first-order valence-corrected chi connectivity index (χ1v) is 10.8. The number of hydrogen-bond acceptors (Lipinski definition) is 4. The largest absolute Gasteiger partial charge is 0.416 e. The van der Waals surface area contributed by atoms with Crippen LogP contribution in [0.5, 0.6) is 0 Å². The summed E-state index contributed by atoms with van der Waals surface area (Å²) in [5, 5.41) is 3.55. The molecule has 1 saturated heterocycles. The van der Waals surface area contributed by atoms with Crippen LogP contribution in [0.3, 0.4) is 0 Å². The molecule has 3 heterocycles. The number of fused-ring (bicyclic) bond motifs is 1. The van der Waals surface area contributed by atoms with Crippen LogP contribution in [0.4, 0.5) is 24.5 Å². The summed E-state index contributed by atoms with van der Waals surface area (Å²) in [5.74, 6) is -0.900. The molecular weight excluding hydrogens is 459 g/mol. The van der Waals surface area contributed by atoms with Crippen LogP contribution < -0.4 is 10.2 Å². The zero-order chi connectivity index (χ0) is 24.6. The van der Waals surface area contributed by atoms with Crippen LogP contribution in [-0.4, -0.2) is 46.4 Å². The number of alkyl halides is 3. The fraction of sp³-hybridized carbons (Fsp3) is 0.160. The third kappa shape index (κ3) is 4.54. The van der Waals surface area contributed by atoms with Crippen molar-refractivity contribution in [2.24, 2.45) is 0 Å². The average Bonchev–Trinajstić information content (AvgIpc) is 3.53. The maximum absolute atomic E-state index is 13.1. The van der Waals surface area contributed by atoms with Crippen molar-refractivity contribution in [2.75, 3.05) is 30.0 Å². The van der Waals surface area contributed by atoms with Crippen LogP contribution in [-0.2, 0) is 6.18 Å². The molecule has 10 heteroatoms. The van der Waals surface area contributed by atoms with Crippen molar-refractivity contribution in [3.05, 3.63) is 89.7 Å². The second-order valence-corrected chi connectivity index (χ2v) is 8.16. The standard InChI is InChI=1S/C25H20F3N5O2/c26-25(27,28)18-5-1-3-16(13-18)23(34)31-19-6-2-4-17(14-19)24(35)33-12-11-32(15-33)21-8-10-30-22-20(21)7-9-29-22/h1-10,13-14H,11-12,15H2,(H,29,30)(H,31,34). The number of carbonyl (C=O) groups is 2. The Morgan fingerprint density at radius 1 is 0.971 bits per heavy atom. The highest BCUT2D eigenvalue weighted by molar-refractivity contribution is 6.05. The smallest absolute Gasteiger partial charge is 0.351 e. The quantitative estimate of drug-likeness (QED) is 0.443. The Morgan fingerprint density at radius 3 is 2.60 bits per heavy atom. The zero-order valence-electron chi connectivity index (χ0n) is 18.3. The van der Waals surface area contributed by atoms with E-state index in [1.807, 2.05) is 18.3 Å². The van der Waals surface area contributed by atoms with Crippen LogP contribution >= 0.6 is 0 Å². The third-order valence-electron chi connectivity index (χ3n) is 5.87. The molecule has 1 aliphatic heterocycles. The van der Waals surface area contributed by atoms with E-state index in [2.05, 4.69) is 20.2 Å². The van der Waals surface area contributed by atoms with Crippen molar-refractivity contribution in [2.45, 2.75) is 6.18 Å². The van der Waals surface area contributed by atoms with Crippen molar-refractivity contribution < 1.29 is 22.8 Å². The SMILES string of the molecule is O=C(Nc1cccc(C(=O)N2CCN(c3ccnc4[nH]ccc34)C2)c1)c1cccc(C(F)(F)F)c1. The number of aromatic nitrogens is 2. The van der Waals surface area contributed by atoms with Gasteiger partial charge in [-0.05, 0) is 48.5 Å². The summed E-state index contributed by atoms with van der Waals surface area (Å²) in [4.78, 5) is 36.8. The molecule has 0 unspecified atom stereocenters. The van der Waals surface area contributed by atoms with Crippen molar-refractivity contribution in [3.8, 4) is 0 Å². The average molecular weight is 479 g/mol. The Kier molecular flexibility index (Phi) is 5.64. The highest BCUT2D eigenvalue weighted by atomic mass is 19.4. The van der Waals surface area contributed by atoms with Gasteiger partial charge in [0.25, 0.3) is 11.8 Å². The number of pyridine rings is 1. The summed E-state index contributed by atoms with van der Waals surface area (Å²) in [6.07, 6.45) is -1.01. The number of amides is 2. The van der Waals surface area contributed by atoms with E-state index in [-0.39, 0.29) is 11.5 Å². The molecule has 35 heavy (non-hydrogen) atoms. The van der Waals surface area contributed by atoms with E-state index in [1.165, 1.54) is 18.2 Å². The van der Waals surface area contributed by atoms with Gasteiger partial charge in [0.15, 0.2) is 0 Å². The van der Waals surface area contributed by atoms with E-state index in [9.17, 15) is 22.8 Å². The minimum absolute atomic E-state index is 0.125. The predicted octanol–water partition coefficient (Wildman–Crippen LogP) is 4.75. The molecule has 1 fully saturated rings. The van der Waals surface area contributed by atoms with E-state index >= 15 is 0 Å². The van der Waals surface area contributed by atoms with Gasteiger partial charge < -0.3 is 20.1 Å². The van der Waals surface area contributed by atoms with E-state index in [4.69, 9.17) is 0 Å². The van der Waals surface area contributed by atoms with Crippen molar-refractivity contribution >= 4 is 34.2 Å². The molecule has 4 aromatic rings. The highest BCUT2D eigenvalue weighted by Crippen LogP contribution is 2.30. The second kappa shape index (κ2) is 8.79. The third-order valence-corrected chi connectivity index (χ3v) is 5.87. The second-order valence-electron chi connectivity index (χ2n) is 8.16. The number of nitrogens with one attached hydrogen (secondary N) is 2. The minimum Gasteiger partial charge on any atom is -0.351 e. The zero-order valence-corrected chi connectivity index (χ0v) is 18.3. The van der Waals surface area contributed by atoms with Gasteiger partial charge in [-0.15, -0.1) is 0 Å². The first kappa shape index (κ1) is 22.5. The van der Waals surface area contributed by atoms with Gasteiger partial charge in [0.2, 0.25) is 0 Å². The number of hydrogen-bond donors (Lipinski definition) is 2. The normalized spacial score (nSPS) is 13.9. The van der Waals surface area contributed by atoms with E-state index in [0.717, 1.165) is 28.9 Å². The van der Waals surface area contributed by atoms with Crippen LogP contribution in [0.1, 0.15) is 26.3 Å². The molecule has 0 aliphatic carbocycles. The van der Waals surface area contributed by atoms with Crippen LogP contribution in [0, 0.1) is 0 Å². The molecule has 2 amide bonds. The number of anilines is 2. The molecule has 7 nitrogen and oxygen atoms in total. The monoisotopic (exact) mass is 479 g/mol.